The second kappa shape index (κ2) is 14.8. The van der Waals surface area contributed by atoms with Crippen molar-refractivity contribution in [2.24, 2.45) is 0 Å². The van der Waals surface area contributed by atoms with Gasteiger partial charge in [0.2, 0.25) is 0 Å². The van der Waals surface area contributed by atoms with Gasteiger partial charge in [0.25, 0.3) is 0 Å². The van der Waals surface area contributed by atoms with E-state index in [-0.39, 0.29) is 12.0 Å². The molecule has 12 rings (SSSR count). The lowest BCUT2D eigenvalue weighted by atomic mass is 9.85. The van der Waals surface area contributed by atoms with Crippen LogP contribution < -0.4 is 4.74 Å². The van der Waals surface area contributed by atoms with Crippen LogP contribution in [0.15, 0.2) is 174 Å². The Hall–Kier alpha value is -7.08. The van der Waals surface area contributed by atoms with Crippen molar-refractivity contribution in [1.82, 2.24) is 9.97 Å². The Morgan fingerprint density at radius 1 is 0.629 bits per heavy atom. The summed E-state index contributed by atoms with van der Waals surface area (Å²) >= 11 is 1.88. The molecule has 0 saturated heterocycles. The summed E-state index contributed by atoms with van der Waals surface area (Å²) in [6.07, 6.45) is 9.79. The number of aromatic nitrogens is 2. The van der Waals surface area contributed by atoms with Gasteiger partial charge in [-0.3, -0.25) is 0 Å². The molecule has 4 nitrogen and oxygen atoms in total. The molecule has 298 valence electrons. The molecular weight excluding hydrogens is 777 g/mol. The van der Waals surface area contributed by atoms with Gasteiger partial charge in [0.05, 0.1) is 11.4 Å². The van der Waals surface area contributed by atoms with Gasteiger partial charge in [-0.25, -0.2) is 9.97 Å². The smallest absolute Gasteiger partial charge is 0.161 e. The van der Waals surface area contributed by atoms with E-state index in [9.17, 15) is 0 Å². The number of rotatable bonds is 8. The van der Waals surface area contributed by atoms with E-state index in [0.29, 0.717) is 5.82 Å². The van der Waals surface area contributed by atoms with Crippen LogP contribution in [0.5, 0.6) is 5.75 Å². The molecule has 3 aromatic heterocycles. The molecular formula is C57H42N2O2S. The van der Waals surface area contributed by atoms with Gasteiger partial charge in [-0.2, -0.15) is 0 Å². The predicted molar refractivity (Wildman–Crippen MR) is 258 cm³/mol. The van der Waals surface area contributed by atoms with E-state index in [2.05, 4.69) is 172 Å². The third-order valence-electron chi connectivity index (χ3n) is 12.8. The topological polar surface area (TPSA) is 48.2 Å². The minimum absolute atomic E-state index is 0.0900. The number of para-hydroxylation sites is 1. The quantitative estimate of drug-likeness (QED) is 0.153. The van der Waals surface area contributed by atoms with E-state index in [4.69, 9.17) is 19.1 Å². The first-order valence-corrected chi connectivity index (χ1v) is 22.5. The number of aryl methyl sites for hydroxylation is 1. The Morgan fingerprint density at radius 3 is 2.35 bits per heavy atom. The van der Waals surface area contributed by atoms with Gasteiger partial charge in [0.1, 0.15) is 23.0 Å². The fourth-order valence-corrected chi connectivity index (χ4v) is 11.0. The fourth-order valence-electron chi connectivity index (χ4n) is 9.86. The number of fused-ring (bicyclic) bond motifs is 9. The molecule has 0 N–H and O–H groups in total. The first-order valence-electron chi connectivity index (χ1n) is 21.7. The molecule has 1 aliphatic carbocycles. The maximum Gasteiger partial charge on any atom is 0.161 e. The standard InChI is InChI=1S/C57H42N2O2S/c1-3-4-16-39-38(19-12-20-42(39)54-34(2)25-30-53-56(54)43-18-9-11-24-52(43)62-53)36-27-29-49-45(31-36)55-44(21-13-23-50(55)60-49)57-58-46(35-14-6-5-7-15-35)33-47(59-57)37-26-28-41-40-17-8-10-22-48(40)61-51(41)32-37/h5-15,17-33,41,51H,3-4,16H2,1-2H3. The summed E-state index contributed by atoms with van der Waals surface area (Å²) in [6.45, 7) is 4.55. The highest BCUT2D eigenvalue weighted by atomic mass is 32.1. The first-order chi connectivity index (χ1) is 30.6. The molecule has 62 heavy (non-hydrogen) atoms. The van der Waals surface area contributed by atoms with Gasteiger partial charge in [-0.1, -0.05) is 135 Å². The predicted octanol–water partition coefficient (Wildman–Crippen LogP) is 15.6. The second-order valence-electron chi connectivity index (χ2n) is 16.6. The summed E-state index contributed by atoms with van der Waals surface area (Å²) in [5.41, 5.74) is 15.4. The fraction of sp³-hybridized carbons (Fsp3) is 0.123. The van der Waals surface area contributed by atoms with Crippen LogP contribution in [0.25, 0.3) is 92.6 Å². The molecule has 0 fully saturated rings. The van der Waals surface area contributed by atoms with Crippen molar-refractivity contribution < 1.29 is 9.15 Å². The van der Waals surface area contributed by atoms with E-state index in [1.54, 1.807) is 0 Å². The van der Waals surface area contributed by atoms with Crippen molar-refractivity contribution in [3.63, 3.8) is 0 Å². The molecule has 2 aliphatic rings. The third-order valence-corrected chi connectivity index (χ3v) is 14.0. The maximum atomic E-state index is 6.64. The van der Waals surface area contributed by atoms with Crippen LogP contribution in [-0.2, 0) is 6.42 Å². The number of hydrogen-bond donors (Lipinski definition) is 0. The van der Waals surface area contributed by atoms with Crippen LogP contribution in [0.4, 0.5) is 0 Å². The Labute approximate surface area is 364 Å². The van der Waals surface area contributed by atoms with Crippen molar-refractivity contribution >= 4 is 59.0 Å². The van der Waals surface area contributed by atoms with Gasteiger partial charge < -0.3 is 9.15 Å². The highest BCUT2D eigenvalue weighted by Gasteiger charge is 2.33. The van der Waals surface area contributed by atoms with Crippen molar-refractivity contribution in [2.75, 3.05) is 0 Å². The van der Waals surface area contributed by atoms with Gasteiger partial charge >= 0.3 is 0 Å². The molecule has 2 unspecified atom stereocenters. The monoisotopic (exact) mass is 818 g/mol. The molecule has 0 bridgehead atoms. The summed E-state index contributed by atoms with van der Waals surface area (Å²) in [5.74, 6) is 1.79. The first kappa shape index (κ1) is 36.7. The van der Waals surface area contributed by atoms with E-state index in [1.807, 2.05) is 23.5 Å². The lowest BCUT2D eigenvalue weighted by Crippen LogP contribution is -2.17. The van der Waals surface area contributed by atoms with E-state index < -0.39 is 0 Å². The van der Waals surface area contributed by atoms with Crippen molar-refractivity contribution in [1.29, 1.82) is 0 Å². The lowest BCUT2D eigenvalue weighted by Gasteiger charge is -2.19. The van der Waals surface area contributed by atoms with Crippen LogP contribution in [0.3, 0.4) is 0 Å². The van der Waals surface area contributed by atoms with Crippen molar-refractivity contribution in [3.8, 4) is 50.6 Å². The third kappa shape index (κ3) is 6.02. The molecule has 4 heterocycles. The van der Waals surface area contributed by atoms with E-state index >= 15 is 0 Å². The largest absolute Gasteiger partial charge is 0.485 e. The lowest BCUT2D eigenvalue weighted by molar-refractivity contribution is 0.269. The Balaban J connectivity index is 1.02. The van der Waals surface area contributed by atoms with E-state index in [1.165, 1.54) is 59.1 Å². The molecule has 0 amide bonds. The molecule has 1 aliphatic heterocycles. The zero-order valence-corrected chi connectivity index (χ0v) is 35.4. The Bertz CT molecular complexity index is 3460. The number of benzene rings is 7. The van der Waals surface area contributed by atoms with Crippen LogP contribution in [-0.4, -0.2) is 16.1 Å². The van der Waals surface area contributed by atoms with Crippen LogP contribution >= 0.6 is 11.3 Å². The van der Waals surface area contributed by atoms with Gasteiger partial charge in [0.15, 0.2) is 5.82 Å². The summed E-state index contributed by atoms with van der Waals surface area (Å²) in [5, 5.41) is 4.75. The van der Waals surface area contributed by atoms with Crippen LogP contribution in [0.1, 0.15) is 48.1 Å². The minimum Gasteiger partial charge on any atom is -0.485 e. The number of unbranched alkanes of at least 4 members (excludes halogenated alkanes) is 1. The molecule has 7 aromatic carbocycles. The molecule has 2 atom stereocenters. The van der Waals surface area contributed by atoms with Crippen LogP contribution in [0.2, 0.25) is 0 Å². The Morgan fingerprint density at radius 2 is 1.44 bits per heavy atom. The average molecular weight is 819 g/mol. The Kier molecular flexibility index (Phi) is 8.79. The number of nitrogens with zero attached hydrogens (tertiary/aromatic N) is 2. The maximum absolute atomic E-state index is 6.64. The van der Waals surface area contributed by atoms with Gasteiger partial charge in [0, 0.05) is 53.6 Å². The summed E-state index contributed by atoms with van der Waals surface area (Å²) in [6, 6.07) is 54.1. The van der Waals surface area contributed by atoms with Crippen molar-refractivity contribution in [3.05, 3.63) is 192 Å². The average Bonchev–Trinajstić information content (AvgIpc) is 4.02. The zero-order valence-electron chi connectivity index (χ0n) is 34.6. The number of furan rings is 1. The summed E-state index contributed by atoms with van der Waals surface area (Å²) in [4.78, 5) is 10.6. The molecule has 0 radical (unpaired) electrons. The van der Waals surface area contributed by atoms with E-state index in [0.717, 1.165) is 75.0 Å². The van der Waals surface area contributed by atoms with Gasteiger partial charge in [-0.05, 0) is 107 Å². The van der Waals surface area contributed by atoms with Gasteiger partial charge in [-0.15, -0.1) is 11.3 Å². The SMILES string of the molecule is CCCCc1c(-c2ccc3oc4cccc(-c5nc(C6=CC7Oc8ccccc8C7C=C6)cc(-c6ccccc6)n5)c4c3c2)cccc1-c1c(C)ccc2sc3ccccc3c12. The van der Waals surface area contributed by atoms with Crippen molar-refractivity contribution in [2.45, 2.75) is 45.1 Å². The molecule has 10 aromatic rings. The number of hydrogen-bond acceptors (Lipinski definition) is 5. The number of ether oxygens (including phenoxy) is 1. The normalized spacial score (nSPS) is 15.6. The summed E-state index contributed by atoms with van der Waals surface area (Å²) < 4.78 is 15.7. The molecule has 0 saturated carbocycles. The number of allylic oxidation sites excluding steroid dienone is 2. The molecule has 0 spiro atoms. The highest BCUT2D eigenvalue weighted by molar-refractivity contribution is 7.26. The highest BCUT2D eigenvalue weighted by Crippen LogP contribution is 2.47. The molecule has 5 heteroatoms. The number of thiophene rings is 1. The van der Waals surface area contributed by atoms with Crippen LogP contribution in [0, 0.1) is 6.92 Å². The zero-order chi connectivity index (χ0) is 41.3. The second-order valence-corrected chi connectivity index (χ2v) is 17.7. The minimum atomic E-state index is -0.0900. The summed E-state index contributed by atoms with van der Waals surface area (Å²) in [7, 11) is 0.